The van der Waals surface area contributed by atoms with Gasteiger partial charge in [0.25, 0.3) is 0 Å². The standard InChI is InChI=1S/C15H15NO3/c1-11(17)16-13(12-6-3-2-4-7-12)10-14(18)15-8-5-9-19-15/h2-9,13H,10H2,1H3,(H,16,17). The number of carbonyl (C=O) groups excluding carboxylic acids is 2. The fraction of sp³-hybridized carbons (Fsp3) is 0.200. The van der Waals surface area contributed by atoms with Gasteiger partial charge in [-0.25, -0.2) is 0 Å². The molecule has 4 nitrogen and oxygen atoms in total. The Hall–Kier alpha value is -2.36. The number of benzene rings is 1. The molecule has 1 aromatic heterocycles. The summed E-state index contributed by atoms with van der Waals surface area (Å²) >= 11 is 0. The lowest BCUT2D eigenvalue weighted by molar-refractivity contribution is -0.119. The average Bonchev–Trinajstić information content (AvgIpc) is 2.92. The SMILES string of the molecule is CC(=O)NC(CC(=O)c1ccco1)c1ccccc1. The summed E-state index contributed by atoms with van der Waals surface area (Å²) in [6.07, 6.45) is 1.64. The van der Waals surface area contributed by atoms with Gasteiger partial charge in [0.2, 0.25) is 5.91 Å². The minimum Gasteiger partial charge on any atom is -0.461 e. The zero-order chi connectivity index (χ0) is 13.7. The Morgan fingerprint density at radius 3 is 2.47 bits per heavy atom. The highest BCUT2D eigenvalue weighted by Gasteiger charge is 2.19. The average molecular weight is 257 g/mol. The second-order valence-corrected chi connectivity index (χ2v) is 4.27. The number of ketones is 1. The van der Waals surface area contributed by atoms with E-state index in [1.54, 1.807) is 12.1 Å². The molecule has 0 aliphatic rings. The van der Waals surface area contributed by atoms with Crippen LogP contribution in [0.5, 0.6) is 0 Å². The Morgan fingerprint density at radius 2 is 1.89 bits per heavy atom. The third kappa shape index (κ3) is 3.55. The fourth-order valence-corrected chi connectivity index (χ4v) is 1.91. The van der Waals surface area contributed by atoms with Crippen LogP contribution in [0.1, 0.15) is 35.5 Å². The Kier molecular flexibility index (Phi) is 4.13. The quantitative estimate of drug-likeness (QED) is 0.838. The molecule has 0 aliphatic carbocycles. The van der Waals surface area contributed by atoms with Crippen LogP contribution in [0.15, 0.2) is 53.1 Å². The maximum atomic E-state index is 12.0. The van der Waals surface area contributed by atoms with Crippen molar-refractivity contribution in [3.63, 3.8) is 0 Å². The molecule has 1 amide bonds. The molecule has 1 unspecified atom stereocenters. The molecule has 1 atom stereocenters. The normalized spacial score (nSPS) is 11.8. The van der Waals surface area contributed by atoms with Gasteiger partial charge in [0.15, 0.2) is 11.5 Å². The van der Waals surface area contributed by atoms with Crippen molar-refractivity contribution >= 4 is 11.7 Å². The lowest BCUT2D eigenvalue weighted by Gasteiger charge is -2.17. The van der Waals surface area contributed by atoms with Crippen LogP contribution < -0.4 is 5.32 Å². The van der Waals surface area contributed by atoms with Crippen LogP contribution in [0.3, 0.4) is 0 Å². The summed E-state index contributed by atoms with van der Waals surface area (Å²) in [6, 6.07) is 12.4. The summed E-state index contributed by atoms with van der Waals surface area (Å²) in [4.78, 5) is 23.3. The van der Waals surface area contributed by atoms with Gasteiger partial charge in [-0.3, -0.25) is 9.59 Å². The largest absolute Gasteiger partial charge is 0.461 e. The summed E-state index contributed by atoms with van der Waals surface area (Å²) in [7, 11) is 0. The zero-order valence-corrected chi connectivity index (χ0v) is 10.6. The van der Waals surface area contributed by atoms with Crippen LogP contribution in [-0.2, 0) is 4.79 Å². The van der Waals surface area contributed by atoms with Gasteiger partial charge in [-0.05, 0) is 17.7 Å². The van der Waals surface area contributed by atoms with E-state index < -0.39 is 0 Å². The van der Waals surface area contributed by atoms with Crippen LogP contribution >= 0.6 is 0 Å². The third-order valence-electron chi connectivity index (χ3n) is 2.76. The molecular formula is C15H15NO3. The van der Waals surface area contributed by atoms with Gasteiger partial charge < -0.3 is 9.73 Å². The first-order valence-corrected chi connectivity index (χ1v) is 6.05. The van der Waals surface area contributed by atoms with E-state index in [1.165, 1.54) is 13.2 Å². The van der Waals surface area contributed by atoms with Gasteiger partial charge in [-0.2, -0.15) is 0 Å². The molecule has 19 heavy (non-hydrogen) atoms. The van der Waals surface area contributed by atoms with E-state index in [0.717, 1.165) is 5.56 Å². The summed E-state index contributed by atoms with van der Waals surface area (Å²) in [6.45, 7) is 1.44. The molecular weight excluding hydrogens is 242 g/mol. The Bertz CT molecular complexity index is 546. The Balaban J connectivity index is 2.15. The van der Waals surface area contributed by atoms with Crippen molar-refractivity contribution in [2.75, 3.05) is 0 Å². The van der Waals surface area contributed by atoms with Crippen LogP contribution in [0.2, 0.25) is 0 Å². The van der Waals surface area contributed by atoms with E-state index in [9.17, 15) is 9.59 Å². The summed E-state index contributed by atoms with van der Waals surface area (Å²) in [5, 5.41) is 2.79. The van der Waals surface area contributed by atoms with Gasteiger partial charge in [0.05, 0.1) is 12.3 Å². The number of furan rings is 1. The number of Topliss-reactive ketones (excluding diaryl/α,β-unsaturated/α-hetero) is 1. The molecule has 0 saturated heterocycles. The molecule has 0 spiro atoms. The van der Waals surface area contributed by atoms with Crippen molar-refractivity contribution in [2.24, 2.45) is 0 Å². The summed E-state index contributed by atoms with van der Waals surface area (Å²) < 4.78 is 5.07. The first-order valence-electron chi connectivity index (χ1n) is 6.05. The Morgan fingerprint density at radius 1 is 1.16 bits per heavy atom. The predicted octanol–water partition coefficient (Wildman–Crippen LogP) is 2.73. The zero-order valence-electron chi connectivity index (χ0n) is 10.6. The molecule has 0 bridgehead atoms. The fourth-order valence-electron chi connectivity index (χ4n) is 1.91. The maximum Gasteiger partial charge on any atom is 0.217 e. The van der Waals surface area contributed by atoms with E-state index in [-0.39, 0.29) is 24.2 Å². The Labute approximate surface area is 111 Å². The molecule has 1 heterocycles. The smallest absolute Gasteiger partial charge is 0.217 e. The van der Waals surface area contributed by atoms with Crippen LogP contribution in [0.25, 0.3) is 0 Å². The molecule has 0 fully saturated rings. The molecule has 1 N–H and O–H groups in total. The number of amides is 1. The van der Waals surface area contributed by atoms with Crippen molar-refractivity contribution < 1.29 is 14.0 Å². The molecule has 2 aromatic rings. The molecule has 2 rings (SSSR count). The van der Waals surface area contributed by atoms with Crippen LogP contribution in [-0.4, -0.2) is 11.7 Å². The van der Waals surface area contributed by atoms with E-state index >= 15 is 0 Å². The molecule has 98 valence electrons. The van der Waals surface area contributed by atoms with E-state index in [1.807, 2.05) is 30.3 Å². The molecule has 1 aromatic carbocycles. The molecule has 4 heteroatoms. The minimum atomic E-state index is -0.337. The van der Waals surface area contributed by atoms with Crippen molar-refractivity contribution in [2.45, 2.75) is 19.4 Å². The van der Waals surface area contributed by atoms with Crippen molar-refractivity contribution in [3.8, 4) is 0 Å². The van der Waals surface area contributed by atoms with Crippen molar-refractivity contribution in [1.82, 2.24) is 5.32 Å². The van der Waals surface area contributed by atoms with Crippen LogP contribution in [0, 0.1) is 0 Å². The highest BCUT2D eigenvalue weighted by molar-refractivity contribution is 5.94. The van der Waals surface area contributed by atoms with E-state index in [0.29, 0.717) is 5.76 Å². The lowest BCUT2D eigenvalue weighted by Crippen LogP contribution is -2.28. The van der Waals surface area contributed by atoms with Crippen LogP contribution in [0.4, 0.5) is 0 Å². The highest BCUT2D eigenvalue weighted by Crippen LogP contribution is 2.19. The number of rotatable bonds is 5. The van der Waals surface area contributed by atoms with Gasteiger partial charge in [-0.15, -0.1) is 0 Å². The first-order chi connectivity index (χ1) is 9.16. The second kappa shape index (κ2) is 6.00. The first kappa shape index (κ1) is 13.1. The third-order valence-corrected chi connectivity index (χ3v) is 2.76. The van der Waals surface area contributed by atoms with Gasteiger partial charge in [0.1, 0.15) is 0 Å². The topological polar surface area (TPSA) is 59.3 Å². The highest BCUT2D eigenvalue weighted by atomic mass is 16.3. The number of nitrogens with one attached hydrogen (secondary N) is 1. The van der Waals surface area contributed by atoms with Gasteiger partial charge >= 0.3 is 0 Å². The monoisotopic (exact) mass is 257 g/mol. The van der Waals surface area contributed by atoms with Crippen molar-refractivity contribution in [3.05, 3.63) is 60.1 Å². The summed E-state index contributed by atoms with van der Waals surface area (Å²) in [5.74, 6) is 0.0139. The summed E-state index contributed by atoms with van der Waals surface area (Å²) in [5.41, 5.74) is 0.901. The number of carbonyl (C=O) groups is 2. The minimum absolute atomic E-state index is 0.132. The van der Waals surface area contributed by atoms with E-state index in [4.69, 9.17) is 4.42 Å². The molecule has 0 aliphatic heterocycles. The van der Waals surface area contributed by atoms with Gasteiger partial charge in [-0.1, -0.05) is 30.3 Å². The van der Waals surface area contributed by atoms with E-state index in [2.05, 4.69) is 5.32 Å². The van der Waals surface area contributed by atoms with Gasteiger partial charge in [0, 0.05) is 13.3 Å². The van der Waals surface area contributed by atoms with Crippen molar-refractivity contribution in [1.29, 1.82) is 0 Å². The predicted molar refractivity (Wildman–Crippen MR) is 70.7 cm³/mol. The molecule has 0 radical (unpaired) electrons. The molecule has 0 saturated carbocycles. The number of hydrogen-bond donors (Lipinski definition) is 1. The maximum absolute atomic E-state index is 12.0. The number of hydrogen-bond acceptors (Lipinski definition) is 3. The lowest BCUT2D eigenvalue weighted by atomic mass is 10.0. The second-order valence-electron chi connectivity index (χ2n) is 4.27.